The van der Waals surface area contributed by atoms with Crippen molar-refractivity contribution in [3.05, 3.63) is 24.3 Å². The molecule has 1 aromatic carbocycles. The van der Waals surface area contributed by atoms with Crippen molar-refractivity contribution in [3.63, 3.8) is 0 Å². The second-order valence-electron chi connectivity index (χ2n) is 5.41. The maximum atomic E-state index is 5.49. The van der Waals surface area contributed by atoms with E-state index in [0.29, 0.717) is 5.95 Å². The molecule has 2 rings (SSSR count). The molecule has 0 amide bonds. The number of unbranched alkanes of at least 4 members (excludes halogenated alkanes) is 3. The minimum Gasteiger partial charge on any atom is -0.362 e. The van der Waals surface area contributed by atoms with Crippen LogP contribution in [-0.4, -0.2) is 37.2 Å². The van der Waals surface area contributed by atoms with Crippen LogP contribution in [0.1, 0.15) is 25.7 Å². The molecule has 21 heavy (non-hydrogen) atoms. The summed E-state index contributed by atoms with van der Waals surface area (Å²) in [6.45, 7) is 1.68. The van der Waals surface area contributed by atoms with E-state index in [1.54, 1.807) is 0 Å². The summed E-state index contributed by atoms with van der Waals surface area (Å²) in [4.78, 5) is 11.2. The van der Waals surface area contributed by atoms with Crippen LogP contribution in [-0.2, 0) is 0 Å². The summed E-state index contributed by atoms with van der Waals surface area (Å²) in [6, 6.07) is 8.10. The average Bonchev–Trinajstić information content (AvgIpc) is 2.49. The second kappa shape index (κ2) is 7.78. The van der Waals surface area contributed by atoms with Gasteiger partial charge in [0.15, 0.2) is 0 Å². The molecule has 5 nitrogen and oxygen atoms in total. The highest BCUT2D eigenvalue weighted by Crippen LogP contribution is 2.23. The Hall–Kier alpha value is -1.88. The highest BCUT2D eigenvalue weighted by Gasteiger charge is 2.08. The smallest absolute Gasteiger partial charge is 0.225 e. The Bertz CT molecular complexity index is 568. The van der Waals surface area contributed by atoms with Crippen LogP contribution in [0.5, 0.6) is 0 Å². The molecule has 114 valence electrons. The summed E-state index contributed by atoms with van der Waals surface area (Å²) >= 11 is 0. The van der Waals surface area contributed by atoms with E-state index in [-0.39, 0.29) is 0 Å². The highest BCUT2D eigenvalue weighted by atomic mass is 15.2. The van der Waals surface area contributed by atoms with E-state index in [2.05, 4.69) is 21.4 Å². The Balaban J connectivity index is 2.03. The number of para-hydroxylation sites is 1. The van der Waals surface area contributed by atoms with Gasteiger partial charge < -0.3 is 16.0 Å². The first-order chi connectivity index (χ1) is 10.2. The molecule has 0 radical (unpaired) electrons. The third-order valence-electron chi connectivity index (χ3n) is 3.42. The molecule has 2 aromatic rings. The quantitative estimate of drug-likeness (QED) is 0.731. The van der Waals surface area contributed by atoms with Crippen LogP contribution in [0.15, 0.2) is 24.3 Å². The lowest BCUT2D eigenvalue weighted by Gasteiger charge is -2.15. The molecule has 0 aliphatic heterocycles. The zero-order chi connectivity index (χ0) is 15.1. The SMILES string of the molecule is CN(C)c1nc(NCCCCCCN)nc2ccccc12. The van der Waals surface area contributed by atoms with Crippen LogP contribution in [0.25, 0.3) is 10.9 Å². The van der Waals surface area contributed by atoms with Crippen molar-refractivity contribution >= 4 is 22.7 Å². The van der Waals surface area contributed by atoms with E-state index in [1.165, 1.54) is 12.8 Å². The average molecular weight is 287 g/mol. The van der Waals surface area contributed by atoms with E-state index >= 15 is 0 Å². The van der Waals surface area contributed by atoms with Crippen molar-refractivity contribution < 1.29 is 0 Å². The van der Waals surface area contributed by atoms with Gasteiger partial charge in [-0.1, -0.05) is 25.0 Å². The Kier molecular flexibility index (Phi) is 5.75. The first-order valence-corrected chi connectivity index (χ1v) is 7.60. The fraction of sp³-hybridized carbons (Fsp3) is 0.500. The molecule has 1 heterocycles. The number of rotatable bonds is 8. The van der Waals surface area contributed by atoms with Gasteiger partial charge in [0, 0.05) is 26.0 Å². The normalized spacial score (nSPS) is 10.8. The Morgan fingerprint density at radius 2 is 1.81 bits per heavy atom. The standard InChI is InChI=1S/C16H25N5/c1-21(2)15-13-9-5-6-10-14(13)19-16(20-15)18-12-8-4-3-7-11-17/h5-6,9-10H,3-4,7-8,11-12,17H2,1-2H3,(H,18,19,20). The Morgan fingerprint density at radius 1 is 1.05 bits per heavy atom. The maximum Gasteiger partial charge on any atom is 0.225 e. The first kappa shape index (κ1) is 15.5. The fourth-order valence-electron chi connectivity index (χ4n) is 2.30. The lowest BCUT2D eigenvalue weighted by molar-refractivity contribution is 0.660. The molecule has 0 atom stereocenters. The molecule has 0 aliphatic carbocycles. The zero-order valence-corrected chi connectivity index (χ0v) is 13.0. The summed E-state index contributed by atoms with van der Waals surface area (Å²) < 4.78 is 0. The van der Waals surface area contributed by atoms with Crippen LogP contribution < -0.4 is 16.0 Å². The molecule has 1 aromatic heterocycles. The first-order valence-electron chi connectivity index (χ1n) is 7.60. The number of hydrogen-bond acceptors (Lipinski definition) is 5. The van der Waals surface area contributed by atoms with Gasteiger partial charge in [-0.3, -0.25) is 0 Å². The topological polar surface area (TPSA) is 67.1 Å². The molecular formula is C16H25N5. The van der Waals surface area contributed by atoms with Crippen molar-refractivity contribution in [1.29, 1.82) is 0 Å². The number of fused-ring (bicyclic) bond motifs is 1. The van der Waals surface area contributed by atoms with Gasteiger partial charge in [-0.25, -0.2) is 4.98 Å². The molecular weight excluding hydrogens is 262 g/mol. The molecule has 0 spiro atoms. The van der Waals surface area contributed by atoms with Gasteiger partial charge in [0.2, 0.25) is 5.95 Å². The number of nitrogens with two attached hydrogens (primary N) is 1. The molecule has 0 bridgehead atoms. The predicted molar refractivity (Wildman–Crippen MR) is 89.9 cm³/mol. The maximum absolute atomic E-state index is 5.49. The monoisotopic (exact) mass is 287 g/mol. The molecule has 0 aliphatic rings. The number of benzene rings is 1. The lowest BCUT2D eigenvalue weighted by atomic mass is 10.2. The van der Waals surface area contributed by atoms with Crippen LogP contribution in [0.3, 0.4) is 0 Å². The van der Waals surface area contributed by atoms with Crippen molar-refractivity contribution in [1.82, 2.24) is 9.97 Å². The van der Waals surface area contributed by atoms with Gasteiger partial charge in [0.25, 0.3) is 0 Å². The number of hydrogen-bond donors (Lipinski definition) is 2. The predicted octanol–water partition coefficient (Wildman–Crippen LogP) is 2.63. The molecule has 0 fully saturated rings. The number of anilines is 2. The van der Waals surface area contributed by atoms with E-state index < -0.39 is 0 Å². The molecule has 0 saturated carbocycles. The summed E-state index contributed by atoms with van der Waals surface area (Å²) in [6.07, 6.45) is 4.61. The largest absolute Gasteiger partial charge is 0.362 e. The minimum atomic E-state index is 0.705. The third-order valence-corrected chi connectivity index (χ3v) is 3.42. The van der Waals surface area contributed by atoms with E-state index in [9.17, 15) is 0 Å². The van der Waals surface area contributed by atoms with Gasteiger partial charge in [0.1, 0.15) is 5.82 Å². The van der Waals surface area contributed by atoms with Gasteiger partial charge in [0.05, 0.1) is 5.52 Å². The highest BCUT2D eigenvalue weighted by molar-refractivity contribution is 5.90. The van der Waals surface area contributed by atoms with E-state index in [4.69, 9.17) is 5.73 Å². The number of nitrogens with zero attached hydrogens (tertiary/aromatic N) is 3. The summed E-state index contributed by atoms with van der Waals surface area (Å²) in [5, 5.41) is 4.41. The summed E-state index contributed by atoms with van der Waals surface area (Å²) in [5.41, 5.74) is 6.47. The van der Waals surface area contributed by atoms with Crippen molar-refractivity contribution in [3.8, 4) is 0 Å². The van der Waals surface area contributed by atoms with E-state index in [1.807, 2.05) is 37.2 Å². The number of nitrogens with one attached hydrogen (secondary N) is 1. The minimum absolute atomic E-state index is 0.705. The molecule has 5 heteroatoms. The van der Waals surface area contributed by atoms with Gasteiger partial charge >= 0.3 is 0 Å². The third kappa shape index (κ3) is 4.29. The number of aromatic nitrogens is 2. The van der Waals surface area contributed by atoms with Crippen LogP contribution in [0.2, 0.25) is 0 Å². The Morgan fingerprint density at radius 3 is 2.57 bits per heavy atom. The summed E-state index contributed by atoms with van der Waals surface area (Å²) in [5.74, 6) is 1.66. The van der Waals surface area contributed by atoms with Gasteiger partial charge in [-0.15, -0.1) is 0 Å². The molecule has 0 saturated heterocycles. The molecule has 0 unspecified atom stereocenters. The second-order valence-corrected chi connectivity index (χ2v) is 5.41. The zero-order valence-electron chi connectivity index (χ0n) is 13.0. The van der Waals surface area contributed by atoms with Crippen LogP contribution >= 0.6 is 0 Å². The summed E-state index contributed by atoms with van der Waals surface area (Å²) in [7, 11) is 4.01. The van der Waals surface area contributed by atoms with Gasteiger partial charge in [-0.2, -0.15) is 4.98 Å². The van der Waals surface area contributed by atoms with Crippen LogP contribution in [0, 0.1) is 0 Å². The van der Waals surface area contributed by atoms with E-state index in [0.717, 1.165) is 42.7 Å². The van der Waals surface area contributed by atoms with Crippen LogP contribution in [0.4, 0.5) is 11.8 Å². The Labute approximate surface area is 126 Å². The van der Waals surface area contributed by atoms with Crippen molar-refractivity contribution in [2.24, 2.45) is 5.73 Å². The van der Waals surface area contributed by atoms with Gasteiger partial charge in [-0.05, 0) is 31.5 Å². The fourth-order valence-corrected chi connectivity index (χ4v) is 2.30. The molecule has 3 N–H and O–H groups in total. The lowest BCUT2D eigenvalue weighted by Crippen LogP contribution is -2.14. The van der Waals surface area contributed by atoms with Crippen molar-refractivity contribution in [2.75, 3.05) is 37.4 Å². The van der Waals surface area contributed by atoms with Crippen molar-refractivity contribution in [2.45, 2.75) is 25.7 Å².